The molecule has 0 radical (unpaired) electrons. The number of piperazine rings is 1. The maximum Gasteiger partial charge on any atom is 0.249 e. The Morgan fingerprint density at radius 2 is 1.80 bits per heavy atom. The molecule has 0 N–H and O–H groups in total. The summed E-state index contributed by atoms with van der Waals surface area (Å²) in [5.41, 5.74) is -1.22. The van der Waals surface area contributed by atoms with E-state index in [1.807, 2.05) is 6.92 Å². The van der Waals surface area contributed by atoms with E-state index in [4.69, 9.17) is 0 Å². The number of rotatable bonds is 4. The number of imide groups is 1. The first-order chi connectivity index (χ1) is 11.8. The molecule has 4 rings (SSSR count). The highest BCUT2D eigenvalue weighted by molar-refractivity contribution is 6.12. The Morgan fingerprint density at radius 3 is 2.40 bits per heavy atom. The summed E-state index contributed by atoms with van der Waals surface area (Å²) in [4.78, 5) is 56.2. The predicted octanol–water partition coefficient (Wildman–Crippen LogP) is 0.239. The molecule has 136 valence electrons. The smallest absolute Gasteiger partial charge is 0.249 e. The Hall–Kier alpha value is -1.92. The maximum absolute atomic E-state index is 13.3. The number of fused-ring (bicyclic) bond motifs is 3. The van der Waals surface area contributed by atoms with Crippen LogP contribution in [0.3, 0.4) is 0 Å². The number of carbonyl (C=O) groups excluding carboxylic acids is 4. The fourth-order valence-corrected chi connectivity index (χ4v) is 5.15. The summed E-state index contributed by atoms with van der Waals surface area (Å²) < 4.78 is 0. The van der Waals surface area contributed by atoms with E-state index in [1.54, 1.807) is 16.7 Å². The van der Waals surface area contributed by atoms with Crippen molar-refractivity contribution in [2.45, 2.75) is 51.1 Å². The van der Waals surface area contributed by atoms with Gasteiger partial charge in [0.2, 0.25) is 23.6 Å². The van der Waals surface area contributed by atoms with Crippen molar-refractivity contribution in [1.29, 1.82) is 0 Å². The number of hydrogen-bond acceptors (Lipinski definition) is 4. The normalized spacial score (nSPS) is 37.9. The molecule has 4 aliphatic rings. The fourth-order valence-electron chi connectivity index (χ4n) is 5.15. The van der Waals surface area contributed by atoms with Crippen molar-refractivity contribution in [2.75, 3.05) is 20.1 Å². The largest absolute Gasteiger partial charge is 0.331 e. The molecule has 0 spiro atoms. The summed E-state index contributed by atoms with van der Waals surface area (Å²) in [5, 5.41) is 0. The molecular weight excluding hydrogens is 322 g/mol. The Morgan fingerprint density at radius 1 is 1.12 bits per heavy atom. The summed E-state index contributed by atoms with van der Waals surface area (Å²) in [5.74, 6) is -1.91. The van der Waals surface area contributed by atoms with E-state index >= 15 is 0 Å². The average molecular weight is 347 g/mol. The zero-order valence-corrected chi connectivity index (χ0v) is 15.0. The predicted molar refractivity (Wildman–Crippen MR) is 88.0 cm³/mol. The van der Waals surface area contributed by atoms with Gasteiger partial charge >= 0.3 is 0 Å². The lowest BCUT2D eigenvalue weighted by atomic mass is 9.79. The van der Waals surface area contributed by atoms with Crippen molar-refractivity contribution in [3.63, 3.8) is 0 Å². The lowest BCUT2D eigenvalue weighted by molar-refractivity contribution is -0.167. The second-order valence-corrected chi connectivity index (χ2v) is 8.06. The van der Waals surface area contributed by atoms with E-state index in [9.17, 15) is 19.2 Å². The highest BCUT2D eigenvalue weighted by Gasteiger charge is 2.73. The van der Waals surface area contributed by atoms with Gasteiger partial charge < -0.3 is 9.80 Å². The summed E-state index contributed by atoms with van der Waals surface area (Å²) in [6.07, 6.45) is 3.65. The van der Waals surface area contributed by atoms with Gasteiger partial charge in [0, 0.05) is 19.6 Å². The van der Waals surface area contributed by atoms with Crippen molar-refractivity contribution in [1.82, 2.24) is 14.7 Å². The van der Waals surface area contributed by atoms with Crippen LogP contribution in [0.15, 0.2) is 0 Å². The van der Waals surface area contributed by atoms with E-state index in [1.165, 1.54) is 7.05 Å². The van der Waals surface area contributed by atoms with Crippen LogP contribution in [-0.2, 0) is 19.2 Å². The molecule has 4 amide bonds. The van der Waals surface area contributed by atoms with Crippen molar-refractivity contribution in [3.05, 3.63) is 0 Å². The third kappa shape index (κ3) is 1.98. The molecule has 0 aromatic heterocycles. The number of hydrogen-bond donors (Lipinski definition) is 0. The van der Waals surface area contributed by atoms with Crippen LogP contribution in [0, 0.1) is 17.8 Å². The minimum Gasteiger partial charge on any atom is -0.331 e. The Labute approximate surface area is 147 Å². The highest BCUT2D eigenvalue weighted by Crippen LogP contribution is 2.56. The van der Waals surface area contributed by atoms with Gasteiger partial charge in [0.15, 0.2) is 0 Å². The number of likely N-dealkylation sites (tertiary alicyclic amines) is 1. The molecule has 4 fully saturated rings. The van der Waals surface area contributed by atoms with Crippen LogP contribution in [0.5, 0.6) is 0 Å². The zero-order chi connectivity index (χ0) is 18.1. The first-order valence-electron chi connectivity index (χ1n) is 9.27. The van der Waals surface area contributed by atoms with E-state index in [-0.39, 0.29) is 42.1 Å². The molecule has 0 aromatic carbocycles. The van der Waals surface area contributed by atoms with Gasteiger partial charge in [-0.15, -0.1) is 0 Å². The molecule has 7 nitrogen and oxygen atoms in total. The van der Waals surface area contributed by atoms with Gasteiger partial charge in [-0.25, -0.2) is 0 Å². The number of carbonyl (C=O) groups is 4. The van der Waals surface area contributed by atoms with E-state index in [0.29, 0.717) is 6.54 Å². The summed E-state index contributed by atoms with van der Waals surface area (Å²) in [7, 11) is 1.49. The molecule has 3 heterocycles. The minimum absolute atomic E-state index is 0.0648. The number of amides is 4. The van der Waals surface area contributed by atoms with Crippen LogP contribution in [0.25, 0.3) is 0 Å². The van der Waals surface area contributed by atoms with Gasteiger partial charge in [-0.2, -0.15) is 0 Å². The molecule has 4 atom stereocenters. The standard InChI is InChI=1S/C18H25N3O4/c1-4-5-8-20-9-11(22)21-14(10-6-7-10)12-13(18(21,2)17(20)25)16(24)19(3)15(12)23/h10,12-14H,4-9H2,1-3H3/t12-,13-,14-,18-/m1/s1. The molecule has 0 aromatic rings. The van der Waals surface area contributed by atoms with Gasteiger partial charge in [-0.05, 0) is 32.1 Å². The van der Waals surface area contributed by atoms with Crippen LogP contribution in [0.4, 0.5) is 0 Å². The van der Waals surface area contributed by atoms with Crippen molar-refractivity contribution in [2.24, 2.45) is 17.8 Å². The number of nitrogens with zero attached hydrogens (tertiary/aromatic N) is 3. The second kappa shape index (κ2) is 5.29. The Kier molecular flexibility index (Phi) is 3.50. The van der Waals surface area contributed by atoms with Gasteiger partial charge in [0.05, 0.1) is 18.4 Å². The molecule has 0 bridgehead atoms. The Balaban J connectivity index is 1.79. The van der Waals surface area contributed by atoms with E-state index in [2.05, 4.69) is 0 Å². The fraction of sp³-hybridized carbons (Fsp3) is 0.778. The molecular formula is C18H25N3O4. The van der Waals surface area contributed by atoms with Gasteiger partial charge in [-0.3, -0.25) is 24.1 Å². The molecule has 0 unspecified atom stereocenters. The lowest BCUT2D eigenvalue weighted by Gasteiger charge is -2.47. The summed E-state index contributed by atoms with van der Waals surface area (Å²) in [6.45, 7) is 4.33. The highest BCUT2D eigenvalue weighted by atomic mass is 16.2. The second-order valence-electron chi connectivity index (χ2n) is 8.06. The summed E-state index contributed by atoms with van der Waals surface area (Å²) in [6, 6.07) is -0.304. The van der Waals surface area contributed by atoms with Gasteiger partial charge in [0.25, 0.3) is 0 Å². The number of unbranched alkanes of at least 4 members (excludes halogenated alkanes) is 1. The first-order valence-corrected chi connectivity index (χ1v) is 9.27. The van der Waals surface area contributed by atoms with Gasteiger partial charge in [0.1, 0.15) is 5.54 Å². The molecule has 3 saturated heterocycles. The molecule has 25 heavy (non-hydrogen) atoms. The lowest BCUT2D eigenvalue weighted by Crippen LogP contribution is -2.69. The van der Waals surface area contributed by atoms with E-state index < -0.39 is 17.4 Å². The van der Waals surface area contributed by atoms with Gasteiger partial charge in [-0.1, -0.05) is 13.3 Å². The van der Waals surface area contributed by atoms with Crippen molar-refractivity contribution >= 4 is 23.6 Å². The first kappa shape index (κ1) is 16.5. The van der Waals surface area contributed by atoms with Crippen molar-refractivity contribution in [3.8, 4) is 0 Å². The van der Waals surface area contributed by atoms with Crippen molar-refractivity contribution < 1.29 is 19.2 Å². The van der Waals surface area contributed by atoms with Crippen LogP contribution >= 0.6 is 0 Å². The average Bonchev–Trinajstić information content (AvgIpc) is 3.34. The third-order valence-corrected chi connectivity index (χ3v) is 6.55. The maximum atomic E-state index is 13.3. The topological polar surface area (TPSA) is 78.0 Å². The van der Waals surface area contributed by atoms with Crippen LogP contribution in [0.1, 0.15) is 39.5 Å². The minimum atomic E-state index is -1.22. The van der Waals surface area contributed by atoms with Crippen LogP contribution in [-0.4, -0.2) is 70.0 Å². The molecule has 7 heteroatoms. The molecule has 1 aliphatic carbocycles. The molecule has 3 aliphatic heterocycles. The quantitative estimate of drug-likeness (QED) is 0.683. The van der Waals surface area contributed by atoms with Crippen LogP contribution in [0.2, 0.25) is 0 Å². The zero-order valence-electron chi connectivity index (χ0n) is 15.0. The Bertz CT molecular complexity index is 673. The van der Waals surface area contributed by atoms with E-state index in [0.717, 1.165) is 30.6 Å². The monoisotopic (exact) mass is 347 g/mol. The SMILES string of the molecule is CCCCN1CC(=O)N2[C@H](C3CC3)[C@@H]3C(=O)N(C)C(=O)[C@@H]3[C@]2(C)C1=O. The summed E-state index contributed by atoms with van der Waals surface area (Å²) >= 11 is 0. The molecule has 1 saturated carbocycles. The third-order valence-electron chi connectivity index (χ3n) is 6.55. The van der Waals surface area contributed by atoms with Crippen LogP contribution < -0.4 is 0 Å².